The highest BCUT2D eigenvalue weighted by molar-refractivity contribution is 6.31. The molecule has 2 rings (SSSR count). The van der Waals surface area contributed by atoms with Gasteiger partial charge in [-0.15, -0.1) is 0 Å². The van der Waals surface area contributed by atoms with E-state index in [9.17, 15) is 0 Å². The molecule has 19 heavy (non-hydrogen) atoms. The number of aromatic nitrogens is 2. The van der Waals surface area contributed by atoms with Crippen LogP contribution in [0.2, 0.25) is 5.02 Å². The van der Waals surface area contributed by atoms with Crippen molar-refractivity contribution >= 4 is 11.6 Å². The smallest absolute Gasteiger partial charge is 0.0850 e. The van der Waals surface area contributed by atoms with E-state index in [1.165, 1.54) is 25.0 Å². The average molecular weight is 284 g/mol. The number of rotatable bonds is 8. The third-order valence-electron chi connectivity index (χ3n) is 3.95. The lowest BCUT2D eigenvalue weighted by Gasteiger charge is -2.18. The zero-order chi connectivity index (χ0) is 13.8. The van der Waals surface area contributed by atoms with Crippen molar-refractivity contribution in [2.24, 2.45) is 5.92 Å². The summed E-state index contributed by atoms with van der Waals surface area (Å²) in [6, 6.07) is 0.573. The topological polar surface area (TPSA) is 29.9 Å². The van der Waals surface area contributed by atoms with Crippen LogP contribution in [0.5, 0.6) is 0 Å². The summed E-state index contributed by atoms with van der Waals surface area (Å²) in [6.07, 6.45) is 5.84. The van der Waals surface area contributed by atoms with Crippen molar-refractivity contribution in [1.29, 1.82) is 0 Å². The molecular weight excluding hydrogens is 258 g/mol. The molecule has 1 saturated carbocycles. The molecule has 0 saturated heterocycles. The quantitative estimate of drug-likeness (QED) is 0.792. The second-order valence-corrected chi connectivity index (χ2v) is 5.86. The summed E-state index contributed by atoms with van der Waals surface area (Å²) in [5, 5.41) is 9.20. The molecule has 0 amide bonds. The number of aryl methyl sites for hydroxylation is 2. The minimum atomic E-state index is 0.573. The van der Waals surface area contributed by atoms with Gasteiger partial charge in [0, 0.05) is 19.0 Å². The number of nitrogens with one attached hydrogen (secondary N) is 1. The second kappa shape index (κ2) is 6.76. The first kappa shape index (κ1) is 14.9. The van der Waals surface area contributed by atoms with Crippen LogP contribution in [0.4, 0.5) is 0 Å². The standard InChI is InChI=1S/C15H26ClN3/c1-4-9-17-13(11-7-8-11)10-14-15(16)12(5-2)18-19(14)6-3/h11,13,17H,4-10H2,1-3H3. The lowest BCUT2D eigenvalue weighted by atomic mass is 10.1. The number of hydrogen-bond acceptors (Lipinski definition) is 2. The van der Waals surface area contributed by atoms with Gasteiger partial charge >= 0.3 is 0 Å². The van der Waals surface area contributed by atoms with Gasteiger partial charge in [-0.05, 0) is 45.1 Å². The molecule has 1 atom stereocenters. The van der Waals surface area contributed by atoms with Crippen LogP contribution < -0.4 is 5.32 Å². The van der Waals surface area contributed by atoms with Crippen LogP contribution in [0.25, 0.3) is 0 Å². The van der Waals surface area contributed by atoms with E-state index in [4.69, 9.17) is 11.6 Å². The minimum absolute atomic E-state index is 0.573. The zero-order valence-corrected chi connectivity index (χ0v) is 13.1. The maximum Gasteiger partial charge on any atom is 0.0850 e. The van der Waals surface area contributed by atoms with Gasteiger partial charge in [-0.1, -0.05) is 25.4 Å². The Bertz CT molecular complexity index is 410. The average Bonchev–Trinajstić information content (AvgIpc) is 3.21. The monoisotopic (exact) mass is 283 g/mol. The summed E-state index contributed by atoms with van der Waals surface area (Å²) in [6.45, 7) is 8.47. The van der Waals surface area contributed by atoms with Crippen LogP contribution in [-0.4, -0.2) is 22.4 Å². The first-order chi connectivity index (χ1) is 9.21. The van der Waals surface area contributed by atoms with Crippen LogP contribution in [0, 0.1) is 5.92 Å². The van der Waals surface area contributed by atoms with Gasteiger partial charge in [-0.25, -0.2) is 0 Å². The molecular formula is C15H26ClN3. The largest absolute Gasteiger partial charge is 0.313 e. The highest BCUT2D eigenvalue weighted by Gasteiger charge is 2.32. The van der Waals surface area contributed by atoms with Crippen LogP contribution >= 0.6 is 11.6 Å². The SMILES string of the molecule is CCCNC(Cc1c(Cl)c(CC)nn1CC)C1CC1. The summed E-state index contributed by atoms with van der Waals surface area (Å²) in [5.74, 6) is 0.841. The van der Waals surface area contributed by atoms with E-state index in [0.717, 1.165) is 42.6 Å². The maximum atomic E-state index is 6.50. The molecule has 1 fully saturated rings. The van der Waals surface area contributed by atoms with E-state index < -0.39 is 0 Å². The Morgan fingerprint density at radius 3 is 2.63 bits per heavy atom. The minimum Gasteiger partial charge on any atom is -0.313 e. The Labute approximate surface area is 121 Å². The first-order valence-corrected chi connectivity index (χ1v) is 8.06. The fourth-order valence-corrected chi connectivity index (χ4v) is 3.00. The molecule has 0 bridgehead atoms. The molecule has 1 aliphatic carbocycles. The molecule has 0 aliphatic heterocycles. The maximum absolute atomic E-state index is 6.50. The van der Waals surface area contributed by atoms with Crippen molar-refractivity contribution in [2.75, 3.05) is 6.54 Å². The molecule has 1 aromatic rings. The summed E-state index contributed by atoms with van der Waals surface area (Å²) in [4.78, 5) is 0. The highest BCUT2D eigenvalue weighted by atomic mass is 35.5. The van der Waals surface area contributed by atoms with E-state index >= 15 is 0 Å². The molecule has 4 heteroatoms. The predicted octanol–water partition coefficient (Wildman–Crippen LogP) is 3.44. The molecule has 1 aromatic heterocycles. The summed E-state index contributed by atoms with van der Waals surface area (Å²) in [7, 11) is 0. The first-order valence-electron chi connectivity index (χ1n) is 7.68. The van der Waals surface area contributed by atoms with Gasteiger partial charge in [0.15, 0.2) is 0 Å². The molecule has 0 radical (unpaired) electrons. The Kier molecular flexibility index (Phi) is 5.28. The molecule has 1 N–H and O–H groups in total. The van der Waals surface area contributed by atoms with E-state index in [2.05, 4.69) is 35.9 Å². The van der Waals surface area contributed by atoms with Crippen LogP contribution in [0.1, 0.15) is 51.4 Å². The van der Waals surface area contributed by atoms with E-state index in [0.29, 0.717) is 6.04 Å². The Morgan fingerprint density at radius 2 is 2.11 bits per heavy atom. The van der Waals surface area contributed by atoms with Gasteiger partial charge < -0.3 is 5.32 Å². The summed E-state index contributed by atoms with van der Waals surface area (Å²) < 4.78 is 2.09. The fraction of sp³-hybridized carbons (Fsp3) is 0.800. The van der Waals surface area contributed by atoms with E-state index in [1.54, 1.807) is 0 Å². The van der Waals surface area contributed by atoms with Gasteiger partial charge in [0.25, 0.3) is 0 Å². The van der Waals surface area contributed by atoms with Gasteiger partial charge in [-0.2, -0.15) is 5.10 Å². The number of halogens is 1. The normalized spacial score (nSPS) is 16.8. The second-order valence-electron chi connectivity index (χ2n) is 5.48. The van der Waals surface area contributed by atoms with Crippen molar-refractivity contribution in [3.63, 3.8) is 0 Å². The lowest BCUT2D eigenvalue weighted by molar-refractivity contribution is 0.444. The molecule has 0 spiro atoms. The number of nitrogens with zero attached hydrogens (tertiary/aromatic N) is 2. The van der Waals surface area contributed by atoms with Crippen molar-refractivity contribution in [1.82, 2.24) is 15.1 Å². The van der Waals surface area contributed by atoms with E-state index in [1.807, 2.05) is 0 Å². The van der Waals surface area contributed by atoms with E-state index in [-0.39, 0.29) is 0 Å². The summed E-state index contributed by atoms with van der Waals surface area (Å²) in [5.41, 5.74) is 2.27. The molecule has 1 aliphatic rings. The van der Waals surface area contributed by atoms with Crippen molar-refractivity contribution < 1.29 is 0 Å². The van der Waals surface area contributed by atoms with Gasteiger partial charge in [0.1, 0.15) is 0 Å². The zero-order valence-electron chi connectivity index (χ0n) is 12.4. The number of hydrogen-bond donors (Lipinski definition) is 1. The fourth-order valence-electron chi connectivity index (χ4n) is 2.65. The molecule has 3 nitrogen and oxygen atoms in total. The molecule has 1 unspecified atom stereocenters. The Morgan fingerprint density at radius 1 is 1.37 bits per heavy atom. The molecule has 1 heterocycles. The lowest BCUT2D eigenvalue weighted by Crippen LogP contribution is -2.34. The molecule has 108 valence electrons. The Hall–Kier alpha value is -0.540. The predicted molar refractivity (Wildman–Crippen MR) is 80.8 cm³/mol. The van der Waals surface area contributed by atoms with Crippen LogP contribution in [0.15, 0.2) is 0 Å². The summed E-state index contributed by atoms with van der Waals surface area (Å²) >= 11 is 6.50. The molecule has 0 aromatic carbocycles. The van der Waals surface area contributed by atoms with Crippen molar-refractivity contribution in [2.45, 2.75) is 65.5 Å². The van der Waals surface area contributed by atoms with Gasteiger partial charge in [-0.3, -0.25) is 4.68 Å². The van der Waals surface area contributed by atoms with Crippen LogP contribution in [0.3, 0.4) is 0 Å². The van der Waals surface area contributed by atoms with Crippen LogP contribution in [-0.2, 0) is 19.4 Å². The highest BCUT2D eigenvalue weighted by Crippen LogP contribution is 2.35. The third kappa shape index (κ3) is 3.51. The van der Waals surface area contributed by atoms with Gasteiger partial charge in [0.2, 0.25) is 0 Å². The third-order valence-corrected chi connectivity index (χ3v) is 4.39. The van der Waals surface area contributed by atoms with Crippen molar-refractivity contribution in [3.05, 3.63) is 16.4 Å². The Balaban J connectivity index is 2.13. The van der Waals surface area contributed by atoms with Gasteiger partial charge in [0.05, 0.1) is 16.4 Å². The van der Waals surface area contributed by atoms with Crippen molar-refractivity contribution in [3.8, 4) is 0 Å².